The van der Waals surface area contributed by atoms with Crippen LogP contribution in [-0.4, -0.2) is 6.61 Å². The van der Waals surface area contributed by atoms with Crippen LogP contribution in [0.15, 0.2) is 34.9 Å². The van der Waals surface area contributed by atoms with Crippen LogP contribution in [-0.2, 0) is 6.42 Å². The van der Waals surface area contributed by atoms with Gasteiger partial charge in [0.15, 0.2) is 11.6 Å². The van der Waals surface area contributed by atoms with Gasteiger partial charge in [-0.3, -0.25) is 0 Å². The maximum Gasteiger partial charge on any atom is 0.387 e. The lowest BCUT2D eigenvalue weighted by atomic mass is 9.93. The second kappa shape index (κ2) is 5.71. The molecule has 3 nitrogen and oxygen atoms in total. The van der Waals surface area contributed by atoms with Crippen molar-refractivity contribution < 1.29 is 22.3 Å². The minimum Gasteiger partial charge on any atom is -0.469 e. The normalized spacial score (nSPS) is 17.6. The second-order valence-corrected chi connectivity index (χ2v) is 4.91. The molecular formula is C15H14F3NO2. The fraction of sp³-hybridized carbons (Fsp3) is 0.333. The number of hydrogen-bond donors (Lipinski definition) is 1. The Hall–Kier alpha value is -2.11. The highest BCUT2D eigenvalue weighted by atomic mass is 19.3. The number of ether oxygens (including phenoxy) is 1. The van der Waals surface area contributed by atoms with Crippen molar-refractivity contribution in [1.29, 1.82) is 0 Å². The van der Waals surface area contributed by atoms with Crippen LogP contribution in [0.4, 0.5) is 18.9 Å². The SMILES string of the molecule is Fc1cc(NC2CCCc3occc32)ccc1OC(F)F. The molecule has 3 rings (SSSR count). The number of hydrogen-bond acceptors (Lipinski definition) is 3. The first-order chi connectivity index (χ1) is 10.1. The van der Waals surface area contributed by atoms with Crippen molar-refractivity contribution >= 4 is 5.69 Å². The maximum atomic E-state index is 13.7. The predicted octanol–water partition coefficient (Wildman–Crippen LogP) is 4.51. The largest absolute Gasteiger partial charge is 0.469 e. The topological polar surface area (TPSA) is 34.4 Å². The molecule has 0 saturated carbocycles. The van der Waals surface area contributed by atoms with Gasteiger partial charge in [-0.2, -0.15) is 8.78 Å². The van der Waals surface area contributed by atoms with E-state index in [0.717, 1.165) is 36.7 Å². The number of benzene rings is 1. The monoisotopic (exact) mass is 297 g/mol. The molecule has 0 spiro atoms. The van der Waals surface area contributed by atoms with Crippen molar-refractivity contribution in [2.75, 3.05) is 5.32 Å². The average molecular weight is 297 g/mol. The number of fused-ring (bicyclic) bond motifs is 1. The van der Waals surface area contributed by atoms with Gasteiger partial charge in [0.25, 0.3) is 0 Å². The molecule has 1 N–H and O–H groups in total. The molecule has 6 heteroatoms. The van der Waals surface area contributed by atoms with Gasteiger partial charge in [-0.1, -0.05) is 0 Å². The molecule has 1 atom stereocenters. The summed E-state index contributed by atoms with van der Waals surface area (Å²) in [5.41, 5.74) is 1.59. The molecule has 0 radical (unpaired) electrons. The summed E-state index contributed by atoms with van der Waals surface area (Å²) in [5.74, 6) is -0.330. The molecule has 0 amide bonds. The fourth-order valence-electron chi connectivity index (χ4n) is 2.62. The van der Waals surface area contributed by atoms with E-state index in [4.69, 9.17) is 4.42 Å². The standard InChI is InChI=1S/C15H14F3NO2/c16-11-8-9(4-5-14(11)21-15(17)18)19-12-2-1-3-13-10(12)6-7-20-13/h4-8,12,15,19H,1-3H2. The van der Waals surface area contributed by atoms with Crippen molar-refractivity contribution in [3.63, 3.8) is 0 Å². The van der Waals surface area contributed by atoms with Crippen molar-refractivity contribution in [3.05, 3.63) is 47.7 Å². The van der Waals surface area contributed by atoms with Crippen LogP contribution in [0.3, 0.4) is 0 Å². The number of alkyl halides is 2. The quantitative estimate of drug-likeness (QED) is 0.901. The molecule has 1 aliphatic carbocycles. The summed E-state index contributed by atoms with van der Waals surface area (Å²) in [6.07, 6.45) is 4.43. The van der Waals surface area contributed by atoms with Crippen LogP contribution >= 0.6 is 0 Å². The highest BCUT2D eigenvalue weighted by molar-refractivity contribution is 5.49. The molecule has 1 aromatic heterocycles. The van der Waals surface area contributed by atoms with E-state index in [0.29, 0.717) is 5.69 Å². The minimum atomic E-state index is -3.04. The lowest BCUT2D eigenvalue weighted by molar-refractivity contribution is -0.0521. The van der Waals surface area contributed by atoms with Crippen LogP contribution in [0.1, 0.15) is 30.2 Å². The van der Waals surface area contributed by atoms with Gasteiger partial charge in [-0.15, -0.1) is 0 Å². The Morgan fingerprint density at radius 3 is 2.90 bits per heavy atom. The number of aryl methyl sites for hydroxylation is 1. The second-order valence-electron chi connectivity index (χ2n) is 4.91. The summed E-state index contributed by atoms with van der Waals surface area (Å²) < 4.78 is 47.3. The molecule has 1 unspecified atom stereocenters. The Morgan fingerprint density at radius 1 is 1.29 bits per heavy atom. The molecule has 21 heavy (non-hydrogen) atoms. The van der Waals surface area contributed by atoms with E-state index >= 15 is 0 Å². The highest BCUT2D eigenvalue weighted by Gasteiger charge is 2.22. The summed E-state index contributed by atoms with van der Waals surface area (Å²) in [6, 6.07) is 5.81. The van der Waals surface area contributed by atoms with Crippen LogP contribution < -0.4 is 10.1 Å². The minimum absolute atomic E-state index is 0.0359. The predicted molar refractivity (Wildman–Crippen MR) is 71.0 cm³/mol. The van der Waals surface area contributed by atoms with Gasteiger partial charge < -0.3 is 14.5 Å². The van der Waals surface area contributed by atoms with Crippen LogP contribution in [0.2, 0.25) is 0 Å². The fourth-order valence-corrected chi connectivity index (χ4v) is 2.62. The maximum absolute atomic E-state index is 13.7. The first kappa shape index (κ1) is 13.9. The molecular weight excluding hydrogens is 283 g/mol. The lowest BCUT2D eigenvalue weighted by Crippen LogP contribution is -2.16. The zero-order chi connectivity index (χ0) is 14.8. The third kappa shape index (κ3) is 2.99. The van der Waals surface area contributed by atoms with E-state index < -0.39 is 18.2 Å². The van der Waals surface area contributed by atoms with Gasteiger partial charge in [-0.25, -0.2) is 4.39 Å². The van der Waals surface area contributed by atoms with Gasteiger partial charge >= 0.3 is 6.61 Å². The lowest BCUT2D eigenvalue weighted by Gasteiger charge is -2.24. The molecule has 0 fully saturated rings. The number of anilines is 1. The van der Waals surface area contributed by atoms with Gasteiger partial charge in [0.2, 0.25) is 0 Å². The van der Waals surface area contributed by atoms with Gasteiger partial charge in [0, 0.05) is 23.7 Å². The third-order valence-corrected chi connectivity index (χ3v) is 3.54. The number of nitrogens with one attached hydrogen (secondary N) is 1. The summed E-state index contributed by atoms with van der Waals surface area (Å²) in [4.78, 5) is 0. The molecule has 0 bridgehead atoms. The molecule has 1 aliphatic rings. The number of rotatable bonds is 4. The van der Waals surface area contributed by atoms with Gasteiger partial charge in [0.05, 0.1) is 12.3 Å². The molecule has 112 valence electrons. The third-order valence-electron chi connectivity index (χ3n) is 3.54. The van der Waals surface area contributed by atoms with Gasteiger partial charge in [-0.05, 0) is 31.0 Å². The Labute approximate surface area is 119 Å². The van der Waals surface area contributed by atoms with E-state index in [1.807, 2.05) is 6.07 Å². The number of halogens is 3. The molecule has 2 aromatic rings. The Balaban J connectivity index is 1.76. The zero-order valence-corrected chi connectivity index (χ0v) is 11.1. The van der Waals surface area contributed by atoms with Crippen molar-refractivity contribution in [1.82, 2.24) is 0 Å². The van der Waals surface area contributed by atoms with Crippen LogP contribution in [0, 0.1) is 5.82 Å². The molecule has 1 aromatic carbocycles. The van der Waals surface area contributed by atoms with E-state index in [1.165, 1.54) is 12.1 Å². The number of furan rings is 1. The van der Waals surface area contributed by atoms with E-state index in [9.17, 15) is 13.2 Å². The Morgan fingerprint density at radius 2 is 2.14 bits per heavy atom. The van der Waals surface area contributed by atoms with E-state index in [1.54, 1.807) is 6.26 Å². The molecule has 0 saturated heterocycles. The first-order valence-electron chi connectivity index (χ1n) is 6.70. The van der Waals surface area contributed by atoms with E-state index in [2.05, 4.69) is 10.1 Å². The first-order valence-corrected chi connectivity index (χ1v) is 6.70. The summed E-state index contributed by atoms with van der Waals surface area (Å²) >= 11 is 0. The highest BCUT2D eigenvalue weighted by Crippen LogP contribution is 2.34. The zero-order valence-electron chi connectivity index (χ0n) is 11.1. The van der Waals surface area contributed by atoms with Crippen molar-refractivity contribution in [2.24, 2.45) is 0 Å². The summed E-state index contributed by atoms with van der Waals surface area (Å²) in [7, 11) is 0. The average Bonchev–Trinajstić information content (AvgIpc) is 2.91. The summed E-state index contributed by atoms with van der Waals surface area (Å²) in [6.45, 7) is -3.04. The molecule has 1 heterocycles. The van der Waals surface area contributed by atoms with Crippen LogP contribution in [0.5, 0.6) is 5.75 Å². The van der Waals surface area contributed by atoms with Crippen LogP contribution in [0.25, 0.3) is 0 Å². The Kier molecular flexibility index (Phi) is 3.77. The smallest absolute Gasteiger partial charge is 0.387 e. The van der Waals surface area contributed by atoms with Gasteiger partial charge in [0.1, 0.15) is 5.76 Å². The Bertz CT molecular complexity index is 627. The molecule has 0 aliphatic heterocycles. The summed E-state index contributed by atoms with van der Waals surface area (Å²) in [5, 5.41) is 3.20. The van der Waals surface area contributed by atoms with Crippen molar-refractivity contribution in [2.45, 2.75) is 31.9 Å². The van der Waals surface area contributed by atoms with Crippen molar-refractivity contribution in [3.8, 4) is 5.75 Å². The van der Waals surface area contributed by atoms with E-state index in [-0.39, 0.29) is 6.04 Å².